The second-order valence-corrected chi connectivity index (χ2v) is 20.2. The highest BCUT2D eigenvalue weighted by molar-refractivity contribution is 5.78. The summed E-state index contributed by atoms with van der Waals surface area (Å²) < 4.78 is 4.25. The predicted octanol–water partition coefficient (Wildman–Crippen LogP) is 15.3. The van der Waals surface area contributed by atoms with Crippen LogP contribution in [-0.2, 0) is 14.3 Å². The second kappa shape index (κ2) is 51.4. The molecule has 0 radical (unpaired) electrons. The summed E-state index contributed by atoms with van der Waals surface area (Å²) in [5.74, 6) is 1.14. The van der Waals surface area contributed by atoms with Gasteiger partial charge in [-0.05, 0) is 103 Å². The maximum Gasteiger partial charge on any atom is 0.236 e. The zero-order valence-electron chi connectivity index (χ0n) is 44.6. The van der Waals surface area contributed by atoms with Crippen molar-refractivity contribution >= 4 is 12.2 Å². The summed E-state index contributed by atoms with van der Waals surface area (Å²) in [5, 5.41) is 0. The van der Waals surface area contributed by atoms with E-state index in [9.17, 15) is 9.59 Å². The van der Waals surface area contributed by atoms with Crippen molar-refractivity contribution in [2.75, 3.05) is 86.2 Å². The Bertz CT molecular complexity index is 910. The molecule has 0 aliphatic carbocycles. The molecule has 64 heavy (non-hydrogen) atoms. The minimum Gasteiger partial charge on any atom is -0.388 e. The maximum atomic E-state index is 14.0. The number of nitrogens with zero attached hydrogens (tertiary/aromatic N) is 4. The van der Waals surface area contributed by atoms with Gasteiger partial charge >= 0.3 is 0 Å². The van der Waals surface area contributed by atoms with Crippen molar-refractivity contribution in [3.63, 3.8) is 0 Å². The lowest BCUT2D eigenvalue weighted by Crippen LogP contribution is -2.46. The van der Waals surface area contributed by atoms with E-state index in [1.54, 1.807) is 14.2 Å². The topological polar surface area (TPSA) is 56.3 Å². The Morgan fingerprint density at radius 2 is 0.734 bits per heavy atom. The van der Waals surface area contributed by atoms with Crippen molar-refractivity contribution in [2.24, 2.45) is 5.92 Å². The molecule has 0 saturated carbocycles. The fraction of sp³-hybridized carbons (Fsp3) is 0.965. The number of piperidine rings is 1. The van der Waals surface area contributed by atoms with Crippen molar-refractivity contribution in [3.05, 3.63) is 0 Å². The summed E-state index contributed by atoms with van der Waals surface area (Å²) in [6.07, 6.45) is 49.7. The Morgan fingerprint density at radius 3 is 1.09 bits per heavy atom. The number of amides is 1. The largest absolute Gasteiger partial charge is 0.388 e. The van der Waals surface area contributed by atoms with Gasteiger partial charge in [0.05, 0.1) is 6.54 Å². The summed E-state index contributed by atoms with van der Waals surface area (Å²) >= 11 is 0. The molecule has 0 aromatic rings. The lowest BCUT2D eigenvalue weighted by atomic mass is 9.93. The molecule has 0 atom stereocenters. The molecule has 1 aliphatic heterocycles. The van der Waals surface area contributed by atoms with Crippen molar-refractivity contribution in [1.29, 1.82) is 0 Å². The first kappa shape index (κ1) is 63.0. The highest BCUT2D eigenvalue weighted by Crippen LogP contribution is 2.22. The van der Waals surface area contributed by atoms with Crippen LogP contribution >= 0.6 is 0 Å². The summed E-state index contributed by atoms with van der Waals surface area (Å²) in [5.41, 5.74) is 0. The lowest BCUT2D eigenvalue weighted by Gasteiger charge is -2.35. The van der Waals surface area contributed by atoms with Crippen LogP contribution in [0.4, 0.5) is 0 Å². The van der Waals surface area contributed by atoms with Crippen LogP contribution in [0.25, 0.3) is 0 Å². The van der Waals surface area contributed by atoms with E-state index in [-0.39, 0.29) is 0 Å². The fourth-order valence-electron chi connectivity index (χ4n) is 9.61. The van der Waals surface area contributed by atoms with E-state index < -0.39 is 0 Å². The molecule has 7 nitrogen and oxygen atoms in total. The molecule has 382 valence electrons. The van der Waals surface area contributed by atoms with Crippen LogP contribution in [0.2, 0.25) is 0 Å². The molecule has 1 saturated heterocycles. The molecule has 0 aromatic carbocycles. The Hall–Kier alpha value is -1.02. The number of rotatable bonds is 48. The third kappa shape index (κ3) is 42.3. The number of likely N-dealkylation sites (tertiary alicyclic amines) is 1. The molecule has 1 rings (SSSR count). The highest BCUT2D eigenvalue weighted by Gasteiger charge is 2.25. The molecular weight excluding hydrogens is 789 g/mol. The third-order valence-corrected chi connectivity index (χ3v) is 14.0. The van der Waals surface area contributed by atoms with E-state index in [0.29, 0.717) is 12.5 Å². The van der Waals surface area contributed by atoms with E-state index in [2.05, 4.69) is 52.0 Å². The molecule has 1 amide bonds. The van der Waals surface area contributed by atoms with Gasteiger partial charge in [0.25, 0.3) is 0 Å². The van der Waals surface area contributed by atoms with Gasteiger partial charge in [0.2, 0.25) is 5.91 Å². The molecule has 1 fully saturated rings. The number of carbonyl (C=O) groups excluding carboxylic acids is 2. The van der Waals surface area contributed by atoms with Gasteiger partial charge in [-0.2, -0.15) is 0 Å². The summed E-state index contributed by atoms with van der Waals surface area (Å²) in [7, 11) is 3.25. The van der Waals surface area contributed by atoms with E-state index >= 15 is 0 Å². The molecule has 1 heterocycles. The standard InChI is InChI=1S/C55H110N4O2.C2H6O/c1-5-9-13-17-21-27-33-42-56(43-34-30-25-26-32-38-52-60)47-39-54-40-48-59(49-41-54)55(61)53-58(46-37-31-24-20-16-12-8-4)51-50-57(44-35-28-22-18-14-10-6-2)45-36-29-23-19-15-11-7-3;1-3-2/h52,54H,5-51,53H2,1-4H3;1-2H3. The van der Waals surface area contributed by atoms with Gasteiger partial charge in [0.15, 0.2) is 0 Å². The van der Waals surface area contributed by atoms with Crippen molar-refractivity contribution in [2.45, 2.75) is 265 Å². The van der Waals surface area contributed by atoms with Gasteiger partial charge in [-0.1, -0.05) is 201 Å². The van der Waals surface area contributed by atoms with Crippen LogP contribution in [0.5, 0.6) is 0 Å². The van der Waals surface area contributed by atoms with E-state index in [0.717, 1.165) is 57.8 Å². The van der Waals surface area contributed by atoms with Gasteiger partial charge < -0.3 is 24.2 Å². The van der Waals surface area contributed by atoms with Gasteiger partial charge in [-0.3, -0.25) is 9.69 Å². The normalized spacial score (nSPS) is 13.4. The van der Waals surface area contributed by atoms with E-state index in [1.165, 1.54) is 257 Å². The molecule has 0 N–H and O–H groups in total. The van der Waals surface area contributed by atoms with Crippen LogP contribution in [-0.4, -0.2) is 118 Å². The number of unbranched alkanes of at least 4 members (excludes halogenated alkanes) is 29. The molecule has 1 aliphatic rings. The van der Waals surface area contributed by atoms with Gasteiger partial charge in [-0.25, -0.2) is 0 Å². The average Bonchev–Trinajstić information content (AvgIpc) is 3.30. The number of carbonyl (C=O) groups is 2. The summed E-state index contributed by atoms with van der Waals surface area (Å²) in [6.45, 7) is 21.2. The van der Waals surface area contributed by atoms with E-state index in [1.807, 2.05) is 0 Å². The third-order valence-electron chi connectivity index (χ3n) is 14.0. The maximum absolute atomic E-state index is 14.0. The summed E-state index contributed by atoms with van der Waals surface area (Å²) in [6, 6.07) is 0. The molecule has 0 bridgehead atoms. The van der Waals surface area contributed by atoms with Gasteiger partial charge in [-0.15, -0.1) is 0 Å². The zero-order chi connectivity index (χ0) is 46.8. The number of hydrogen-bond donors (Lipinski definition) is 0. The van der Waals surface area contributed by atoms with Gasteiger partial charge in [0.1, 0.15) is 6.29 Å². The van der Waals surface area contributed by atoms with E-state index in [4.69, 9.17) is 0 Å². The molecular formula is C57H116N4O3. The predicted molar refractivity (Wildman–Crippen MR) is 282 cm³/mol. The fourth-order valence-corrected chi connectivity index (χ4v) is 9.61. The average molecular weight is 906 g/mol. The van der Waals surface area contributed by atoms with Crippen LogP contribution < -0.4 is 0 Å². The second-order valence-electron chi connectivity index (χ2n) is 20.2. The number of ether oxygens (including phenoxy) is 1. The SMILES string of the molecule is CCCCCCCCCN(CCCCCCCC=O)CCC1CCN(C(=O)CN(CCCCCCCCC)CCN(CCCCCCCCC)CCCCCCCCC)CC1.COC. The van der Waals surface area contributed by atoms with Crippen molar-refractivity contribution in [1.82, 2.24) is 19.6 Å². The zero-order valence-corrected chi connectivity index (χ0v) is 44.6. The Kier molecular flexibility index (Phi) is 50.6. The van der Waals surface area contributed by atoms with Crippen molar-refractivity contribution in [3.8, 4) is 0 Å². The highest BCUT2D eigenvalue weighted by atomic mass is 16.4. The lowest BCUT2D eigenvalue weighted by molar-refractivity contribution is -0.134. The summed E-state index contributed by atoms with van der Waals surface area (Å²) in [4.78, 5) is 35.0. The first-order valence-electron chi connectivity index (χ1n) is 28.8. The first-order chi connectivity index (χ1) is 31.5. The van der Waals surface area contributed by atoms with Crippen molar-refractivity contribution < 1.29 is 14.3 Å². The van der Waals surface area contributed by atoms with Crippen LogP contribution in [0.1, 0.15) is 265 Å². The van der Waals surface area contributed by atoms with Gasteiger partial charge in [0, 0.05) is 46.8 Å². The van der Waals surface area contributed by atoms with Crippen LogP contribution in [0.3, 0.4) is 0 Å². The molecule has 7 heteroatoms. The number of aldehydes is 1. The first-order valence-corrected chi connectivity index (χ1v) is 28.8. The van der Waals surface area contributed by atoms with Crippen LogP contribution in [0.15, 0.2) is 0 Å². The minimum absolute atomic E-state index is 0.390. The Morgan fingerprint density at radius 1 is 0.438 bits per heavy atom. The smallest absolute Gasteiger partial charge is 0.236 e. The van der Waals surface area contributed by atoms with Crippen LogP contribution in [0, 0.1) is 5.92 Å². The molecule has 0 aromatic heterocycles. The Balaban J connectivity index is 0.0000128. The Labute approximate surface area is 402 Å². The monoisotopic (exact) mass is 905 g/mol. The minimum atomic E-state index is 0.390. The molecule has 0 spiro atoms. The number of hydrogen-bond acceptors (Lipinski definition) is 6. The number of methoxy groups -OCH3 is 1. The molecule has 0 unspecified atom stereocenters. The quantitative estimate of drug-likeness (QED) is 0.0448.